The lowest BCUT2D eigenvalue weighted by atomic mass is 9.49. The van der Waals surface area contributed by atoms with Crippen molar-refractivity contribution >= 4 is 11.8 Å². The van der Waals surface area contributed by atoms with Gasteiger partial charge in [-0.15, -0.1) is 0 Å². The van der Waals surface area contributed by atoms with Gasteiger partial charge >= 0.3 is 0 Å². The van der Waals surface area contributed by atoms with Crippen LogP contribution in [0.2, 0.25) is 0 Å². The maximum Gasteiger partial charge on any atom is 0.234 e. The van der Waals surface area contributed by atoms with Crippen LogP contribution in [0.25, 0.3) is 0 Å². The zero-order valence-electron chi connectivity index (χ0n) is 18.4. The Labute approximate surface area is 189 Å². The van der Waals surface area contributed by atoms with E-state index in [0.717, 1.165) is 17.8 Å². The molecule has 32 heavy (non-hydrogen) atoms. The summed E-state index contributed by atoms with van der Waals surface area (Å²) in [5.74, 6) is 2.36. The molecule has 1 saturated heterocycles. The summed E-state index contributed by atoms with van der Waals surface area (Å²) in [6.07, 6.45) is 7.87. The minimum Gasteiger partial charge on any atom is -0.281 e. The topological polar surface area (TPSA) is 37.4 Å². The first kappa shape index (κ1) is 18.1. The van der Waals surface area contributed by atoms with Crippen molar-refractivity contribution in [2.24, 2.45) is 35.0 Å². The highest BCUT2D eigenvalue weighted by Gasteiger charge is 2.63. The third kappa shape index (κ3) is 2.13. The summed E-state index contributed by atoms with van der Waals surface area (Å²) in [6.45, 7) is 0.688. The number of carbonyl (C=O) groups excluding carboxylic acids is 2. The van der Waals surface area contributed by atoms with Crippen molar-refractivity contribution in [1.29, 1.82) is 0 Å². The Bertz CT molecular complexity index is 1030. The zero-order valence-corrected chi connectivity index (χ0v) is 18.4. The lowest BCUT2D eigenvalue weighted by Crippen LogP contribution is -2.52. The van der Waals surface area contributed by atoms with Gasteiger partial charge in [0.2, 0.25) is 11.8 Å². The third-order valence-corrected chi connectivity index (χ3v) is 10.2. The highest BCUT2D eigenvalue weighted by molar-refractivity contribution is 6.07. The summed E-state index contributed by atoms with van der Waals surface area (Å²) in [5.41, 5.74) is 5.29. The first-order valence-corrected chi connectivity index (χ1v) is 12.6. The van der Waals surface area contributed by atoms with E-state index in [0.29, 0.717) is 6.54 Å². The van der Waals surface area contributed by atoms with Gasteiger partial charge in [0.25, 0.3) is 0 Å². The number of hydrogen-bond donors (Lipinski definition) is 0. The van der Waals surface area contributed by atoms with E-state index >= 15 is 0 Å². The van der Waals surface area contributed by atoms with Gasteiger partial charge in [-0.1, -0.05) is 48.5 Å². The van der Waals surface area contributed by atoms with Crippen molar-refractivity contribution in [3.63, 3.8) is 0 Å². The van der Waals surface area contributed by atoms with Gasteiger partial charge in [0.15, 0.2) is 0 Å². The molecule has 162 valence electrons. The number of benzene rings is 2. The van der Waals surface area contributed by atoms with Crippen LogP contribution in [-0.2, 0) is 9.59 Å². The first-order valence-electron chi connectivity index (χ1n) is 12.6. The minimum atomic E-state index is -0.216. The van der Waals surface area contributed by atoms with Crippen LogP contribution in [0.5, 0.6) is 0 Å². The lowest BCUT2D eigenvalue weighted by molar-refractivity contribution is -0.146. The van der Waals surface area contributed by atoms with E-state index in [1.807, 2.05) is 0 Å². The molecular weight excluding hydrogens is 394 g/mol. The van der Waals surface area contributed by atoms with E-state index in [1.165, 1.54) is 60.8 Å². The maximum atomic E-state index is 14.0. The second-order valence-electron chi connectivity index (χ2n) is 11.9. The highest BCUT2D eigenvalue weighted by Crippen LogP contribution is 2.63. The van der Waals surface area contributed by atoms with Crippen molar-refractivity contribution in [1.82, 2.24) is 4.90 Å². The summed E-state index contributed by atoms with van der Waals surface area (Å²) in [6, 6.07) is 17.1. The molecule has 2 atom stereocenters. The van der Waals surface area contributed by atoms with Crippen LogP contribution < -0.4 is 0 Å². The van der Waals surface area contributed by atoms with Crippen LogP contribution in [0, 0.1) is 35.0 Å². The van der Waals surface area contributed by atoms with Gasteiger partial charge in [-0.25, -0.2) is 0 Å². The Hall–Kier alpha value is -2.42. The van der Waals surface area contributed by atoms with Gasteiger partial charge in [0, 0.05) is 18.4 Å². The number of likely N-dealkylation sites (tertiary alicyclic amines) is 1. The van der Waals surface area contributed by atoms with E-state index in [-0.39, 0.29) is 40.9 Å². The molecule has 2 aromatic rings. The maximum absolute atomic E-state index is 14.0. The van der Waals surface area contributed by atoms with Crippen molar-refractivity contribution in [3.05, 3.63) is 70.8 Å². The predicted octanol–water partition coefficient (Wildman–Crippen LogP) is 5.10. The number of hydrogen-bond acceptors (Lipinski definition) is 2. The Kier molecular flexibility index (Phi) is 3.34. The van der Waals surface area contributed by atoms with Gasteiger partial charge in [0.1, 0.15) is 0 Å². The molecule has 0 aromatic heterocycles. The van der Waals surface area contributed by atoms with Gasteiger partial charge in [0.05, 0.1) is 11.8 Å². The average Bonchev–Trinajstić information content (AvgIpc) is 3.03. The fourth-order valence-electron chi connectivity index (χ4n) is 9.71. The molecule has 0 unspecified atom stereocenters. The molecule has 6 bridgehead atoms. The zero-order chi connectivity index (χ0) is 21.2. The van der Waals surface area contributed by atoms with Crippen LogP contribution in [0.15, 0.2) is 48.5 Å². The Morgan fingerprint density at radius 2 is 1.03 bits per heavy atom. The number of carbonyl (C=O) groups is 2. The van der Waals surface area contributed by atoms with Gasteiger partial charge in [-0.05, 0) is 83.9 Å². The van der Waals surface area contributed by atoms with Crippen molar-refractivity contribution in [2.75, 3.05) is 6.54 Å². The summed E-state index contributed by atoms with van der Waals surface area (Å²) in [4.78, 5) is 29.7. The van der Waals surface area contributed by atoms with Crippen LogP contribution in [0.3, 0.4) is 0 Å². The molecule has 2 amide bonds. The number of amides is 2. The quantitative estimate of drug-likeness (QED) is 0.631. The Morgan fingerprint density at radius 3 is 1.41 bits per heavy atom. The lowest BCUT2D eigenvalue weighted by Gasteiger charge is -2.57. The third-order valence-electron chi connectivity index (χ3n) is 10.2. The SMILES string of the molecule is O=C1[C@@H]2C3c4ccccc4C(c4ccccc43)[C@@H]2C(=O)N1CC12CC3CC(CC(C3)C1)C2. The van der Waals surface area contributed by atoms with E-state index in [2.05, 4.69) is 48.5 Å². The molecule has 1 aliphatic heterocycles. The summed E-state index contributed by atoms with van der Waals surface area (Å²) in [5, 5.41) is 0. The molecule has 0 spiro atoms. The number of nitrogens with zero attached hydrogens (tertiary/aromatic N) is 1. The van der Waals surface area contributed by atoms with E-state index < -0.39 is 0 Å². The normalized spacial score (nSPS) is 42.2. The molecule has 7 aliphatic carbocycles. The van der Waals surface area contributed by atoms with Crippen molar-refractivity contribution in [3.8, 4) is 0 Å². The van der Waals surface area contributed by atoms with Crippen LogP contribution in [0.1, 0.15) is 72.6 Å². The molecule has 1 heterocycles. The smallest absolute Gasteiger partial charge is 0.234 e. The predicted molar refractivity (Wildman–Crippen MR) is 121 cm³/mol. The van der Waals surface area contributed by atoms with E-state index in [1.54, 1.807) is 4.90 Å². The monoisotopic (exact) mass is 423 g/mol. The van der Waals surface area contributed by atoms with Gasteiger partial charge in [-0.2, -0.15) is 0 Å². The molecule has 8 aliphatic rings. The first-order chi connectivity index (χ1) is 15.6. The Morgan fingerprint density at radius 1 is 0.656 bits per heavy atom. The van der Waals surface area contributed by atoms with E-state index in [9.17, 15) is 9.59 Å². The fraction of sp³-hybridized carbons (Fsp3) is 0.517. The van der Waals surface area contributed by atoms with Crippen LogP contribution in [-0.4, -0.2) is 23.3 Å². The molecule has 4 saturated carbocycles. The minimum absolute atomic E-state index is 0.0233. The standard InChI is InChI=1S/C29H29NO2/c31-27-25-23-19-5-1-2-6-20(19)24(22-8-4-3-7-21(22)23)26(25)28(32)30(27)15-29-12-16-9-17(13-29)11-18(10-16)14-29/h1-8,16-18,23-26H,9-15H2/t16?,17?,18?,23?,24?,25-,26+,29?. The van der Waals surface area contributed by atoms with Crippen molar-refractivity contribution < 1.29 is 9.59 Å². The summed E-state index contributed by atoms with van der Waals surface area (Å²) in [7, 11) is 0. The molecule has 10 rings (SSSR count). The fourth-order valence-corrected chi connectivity index (χ4v) is 9.71. The second-order valence-corrected chi connectivity index (χ2v) is 11.9. The van der Waals surface area contributed by atoms with Gasteiger partial charge < -0.3 is 0 Å². The van der Waals surface area contributed by atoms with Crippen LogP contribution in [0.4, 0.5) is 0 Å². The molecule has 5 fully saturated rings. The molecular formula is C29H29NO2. The second kappa shape index (κ2) is 5.92. The molecule has 3 nitrogen and oxygen atoms in total. The van der Waals surface area contributed by atoms with E-state index in [4.69, 9.17) is 0 Å². The molecule has 3 heteroatoms. The van der Waals surface area contributed by atoms with Crippen molar-refractivity contribution in [2.45, 2.75) is 50.4 Å². The Balaban J connectivity index is 1.21. The molecule has 0 N–H and O–H groups in total. The average molecular weight is 424 g/mol. The van der Waals surface area contributed by atoms with Crippen LogP contribution >= 0.6 is 0 Å². The van der Waals surface area contributed by atoms with Gasteiger partial charge in [-0.3, -0.25) is 14.5 Å². The molecule has 2 aromatic carbocycles. The molecule has 0 radical (unpaired) electrons. The highest BCUT2D eigenvalue weighted by atomic mass is 16.2. The summed E-state index contributed by atoms with van der Waals surface area (Å²) >= 11 is 0. The summed E-state index contributed by atoms with van der Waals surface area (Å²) < 4.78 is 0. The number of imide groups is 1. The largest absolute Gasteiger partial charge is 0.281 e. The number of rotatable bonds is 2.